The fourth-order valence-corrected chi connectivity index (χ4v) is 2.40. The van der Waals surface area contributed by atoms with E-state index in [9.17, 15) is 9.59 Å². The summed E-state index contributed by atoms with van der Waals surface area (Å²) in [5, 5.41) is 12.8. The van der Waals surface area contributed by atoms with Gasteiger partial charge in [0.1, 0.15) is 22.5 Å². The number of para-hydroxylation sites is 1. The van der Waals surface area contributed by atoms with Crippen molar-refractivity contribution in [3.05, 3.63) is 30.3 Å². The Labute approximate surface area is 126 Å². The van der Waals surface area contributed by atoms with Gasteiger partial charge in [-0.1, -0.05) is 18.2 Å². The van der Waals surface area contributed by atoms with Crippen molar-refractivity contribution in [2.24, 2.45) is 11.0 Å². The van der Waals surface area contributed by atoms with E-state index in [1.165, 1.54) is 0 Å². The van der Waals surface area contributed by atoms with Gasteiger partial charge in [0, 0.05) is 6.42 Å². The Balaban J connectivity index is 2.01. The number of rotatable bonds is 4. The van der Waals surface area contributed by atoms with E-state index in [1.807, 2.05) is 0 Å². The maximum Gasteiger partial charge on any atom is 0.514 e. The third-order valence-corrected chi connectivity index (χ3v) is 3.50. The predicted molar refractivity (Wildman–Crippen MR) is 73.4 cm³/mol. The van der Waals surface area contributed by atoms with Crippen molar-refractivity contribution in [3.63, 3.8) is 0 Å². The number of carboxylic acids is 1. The summed E-state index contributed by atoms with van der Waals surface area (Å²) in [6.45, 7) is 0. The van der Waals surface area contributed by atoms with E-state index in [0.29, 0.717) is 18.6 Å². The molecule has 116 valence electrons. The van der Waals surface area contributed by atoms with Gasteiger partial charge in [-0.3, -0.25) is 4.79 Å². The second-order valence-corrected chi connectivity index (χ2v) is 4.95. The van der Waals surface area contributed by atoms with Crippen LogP contribution < -0.4 is 9.65 Å². The molecule has 0 saturated heterocycles. The monoisotopic (exact) mass is 306 g/mol. The van der Waals surface area contributed by atoms with E-state index in [0.717, 1.165) is 0 Å². The number of ether oxygens (including phenoxy) is 2. The summed E-state index contributed by atoms with van der Waals surface area (Å²) in [5.41, 5.74) is 6.80. The number of carboxylic acid groups (broad SMARTS) is 1. The SMILES string of the molecule is N=[N+]=NC1CCC(C(=O)O)CC1OC(=O)Oc1ccccc1. The van der Waals surface area contributed by atoms with Crippen LogP contribution in [-0.4, -0.2) is 29.4 Å². The molecule has 2 N–H and O–H groups in total. The summed E-state index contributed by atoms with van der Waals surface area (Å²) in [6, 6.07) is 7.88. The van der Waals surface area contributed by atoms with Crippen LogP contribution in [-0.2, 0) is 9.53 Å². The lowest BCUT2D eigenvalue weighted by Gasteiger charge is -2.28. The molecule has 0 heterocycles. The first-order valence-electron chi connectivity index (χ1n) is 6.83. The summed E-state index contributed by atoms with van der Waals surface area (Å²) in [4.78, 5) is 25.8. The molecule has 3 unspecified atom stereocenters. The quantitative estimate of drug-likeness (QED) is 0.382. The highest BCUT2D eigenvalue weighted by atomic mass is 16.7. The molecule has 1 saturated carbocycles. The number of nitrogens with zero attached hydrogens (tertiary/aromatic N) is 2. The molecule has 2 rings (SSSR count). The molecular weight excluding hydrogens is 290 g/mol. The molecule has 1 fully saturated rings. The zero-order valence-electron chi connectivity index (χ0n) is 11.7. The van der Waals surface area contributed by atoms with Crippen LogP contribution in [0.4, 0.5) is 4.79 Å². The van der Waals surface area contributed by atoms with Crippen molar-refractivity contribution in [3.8, 4) is 5.75 Å². The topological polar surface area (TPSA) is 123 Å². The molecule has 22 heavy (non-hydrogen) atoms. The highest BCUT2D eigenvalue weighted by molar-refractivity contribution is 5.70. The van der Waals surface area contributed by atoms with Gasteiger partial charge in [-0.15, -0.1) is 0 Å². The number of hydrogen-bond acceptors (Lipinski definition) is 6. The van der Waals surface area contributed by atoms with Crippen molar-refractivity contribution >= 4 is 12.1 Å². The number of nitrogens with one attached hydrogen (secondary N) is 1. The first-order chi connectivity index (χ1) is 10.6. The average molecular weight is 306 g/mol. The maximum absolute atomic E-state index is 11.8. The molecule has 0 spiro atoms. The molecule has 0 radical (unpaired) electrons. The maximum atomic E-state index is 11.8. The third-order valence-electron chi connectivity index (χ3n) is 3.50. The minimum atomic E-state index is -0.939. The Morgan fingerprint density at radius 3 is 2.64 bits per heavy atom. The summed E-state index contributed by atoms with van der Waals surface area (Å²) in [5.74, 6) is -1.21. The molecule has 8 heteroatoms. The molecule has 1 aliphatic carbocycles. The highest BCUT2D eigenvalue weighted by Gasteiger charge is 2.39. The van der Waals surface area contributed by atoms with Crippen LogP contribution in [0, 0.1) is 11.4 Å². The Morgan fingerprint density at radius 2 is 2.00 bits per heavy atom. The van der Waals surface area contributed by atoms with Crippen LogP contribution >= 0.6 is 0 Å². The van der Waals surface area contributed by atoms with Crippen LogP contribution in [0.5, 0.6) is 5.75 Å². The van der Waals surface area contributed by atoms with Gasteiger partial charge in [-0.05, 0) is 25.0 Å². The van der Waals surface area contributed by atoms with Crippen LogP contribution in [0.15, 0.2) is 35.4 Å². The van der Waals surface area contributed by atoms with Crippen molar-refractivity contribution in [1.29, 1.82) is 5.53 Å². The molecule has 1 aliphatic rings. The standard InChI is InChI=1S/C14H15N3O5/c15-17-16-11-7-6-9(13(18)19)8-12(11)22-14(20)21-10-4-2-1-3-5-10/h1-5,9,11-12,15H,6-8H2/p+1. The van der Waals surface area contributed by atoms with Crippen molar-refractivity contribution in [1.82, 2.24) is 4.91 Å². The first kappa shape index (κ1) is 15.7. The minimum absolute atomic E-state index is 0.128. The van der Waals surface area contributed by atoms with E-state index in [4.69, 9.17) is 20.1 Å². The zero-order chi connectivity index (χ0) is 15.9. The van der Waals surface area contributed by atoms with Crippen LogP contribution in [0.2, 0.25) is 0 Å². The van der Waals surface area contributed by atoms with Crippen molar-refractivity contribution < 1.29 is 24.2 Å². The van der Waals surface area contributed by atoms with Gasteiger partial charge < -0.3 is 14.6 Å². The second-order valence-electron chi connectivity index (χ2n) is 4.95. The largest absolute Gasteiger partial charge is 0.514 e. The molecule has 0 bridgehead atoms. The lowest BCUT2D eigenvalue weighted by atomic mass is 9.84. The Kier molecular flexibility index (Phi) is 5.21. The lowest BCUT2D eigenvalue weighted by Crippen LogP contribution is -2.39. The number of benzene rings is 1. The van der Waals surface area contributed by atoms with Crippen LogP contribution in [0.1, 0.15) is 19.3 Å². The fourth-order valence-electron chi connectivity index (χ4n) is 2.40. The molecule has 8 nitrogen and oxygen atoms in total. The lowest BCUT2D eigenvalue weighted by molar-refractivity contribution is -0.144. The summed E-state index contributed by atoms with van der Waals surface area (Å²) in [6.07, 6.45) is -0.759. The van der Waals surface area contributed by atoms with Gasteiger partial charge in [0.25, 0.3) is 0 Å². The van der Waals surface area contributed by atoms with Gasteiger partial charge >= 0.3 is 12.1 Å². The summed E-state index contributed by atoms with van der Waals surface area (Å²) in [7, 11) is 0. The van der Waals surface area contributed by atoms with Gasteiger partial charge in [0.2, 0.25) is 4.91 Å². The number of carbonyl (C=O) groups excluding carboxylic acids is 1. The number of aliphatic carboxylic acids is 1. The van der Waals surface area contributed by atoms with Crippen LogP contribution in [0.3, 0.4) is 0 Å². The van der Waals surface area contributed by atoms with E-state index in [2.05, 4.69) is 10.0 Å². The molecule has 1 aromatic carbocycles. The Bertz CT molecular complexity index is 585. The van der Waals surface area contributed by atoms with Gasteiger partial charge in [0.15, 0.2) is 6.04 Å². The minimum Gasteiger partial charge on any atom is -0.481 e. The molecule has 1 aromatic rings. The average Bonchev–Trinajstić information content (AvgIpc) is 2.50. The Morgan fingerprint density at radius 1 is 1.27 bits per heavy atom. The van der Waals surface area contributed by atoms with Crippen molar-refractivity contribution in [2.75, 3.05) is 0 Å². The van der Waals surface area contributed by atoms with E-state index in [1.54, 1.807) is 30.3 Å². The third kappa shape index (κ3) is 4.13. The first-order valence-corrected chi connectivity index (χ1v) is 6.83. The van der Waals surface area contributed by atoms with Gasteiger partial charge in [-0.2, -0.15) is 0 Å². The van der Waals surface area contributed by atoms with E-state index in [-0.39, 0.29) is 6.42 Å². The van der Waals surface area contributed by atoms with Gasteiger partial charge in [-0.25, -0.2) is 4.79 Å². The second kappa shape index (κ2) is 7.33. The highest BCUT2D eigenvalue weighted by Crippen LogP contribution is 2.29. The van der Waals surface area contributed by atoms with Crippen molar-refractivity contribution in [2.45, 2.75) is 31.4 Å². The van der Waals surface area contributed by atoms with Crippen LogP contribution in [0.25, 0.3) is 0 Å². The van der Waals surface area contributed by atoms with E-state index >= 15 is 0 Å². The summed E-state index contributed by atoms with van der Waals surface area (Å²) < 4.78 is 10.2. The van der Waals surface area contributed by atoms with Gasteiger partial charge in [0.05, 0.1) is 5.92 Å². The van der Waals surface area contributed by atoms with E-state index < -0.39 is 30.2 Å². The molecule has 0 amide bonds. The fraction of sp³-hybridized carbons (Fsp3) is 0.429. The molecule has 0 aliphatic heterocycles. The molecular formula is C14H16N3O5+. The summed E-state index contributed by atoms with van der Waals surface area (Å²) >= 11 is 0. The smallest absolute Gasteiger partial charge is 0.481 e. The number of hydrogen-bond donors (Lipinski definition) is 2. The molecule has 0 aromatic heterocycles. The normalized spacial score (nSPS) is 23.9. The molecule has 3 atom stereocenters. The number of carbonyl (C=O) groups is 2. The Hall–Kier alpha value is -2.73. The predicted octanol–water partition coefficient (Wildman–Crippen LogP) is 2.37. The zero-order valence-corrected chi connectivity index (χ0v) is 11.7.